The van der Waals surface area contributed by atoms with Gasteiger partial charge in [-0.2, -0.15) is 0 Å². The molecule has 2 amide bonds. The van der Waals surface area contributed by atoms with Gasteiger partial charge in [-0.15, -0.1) is 0 Å². The zero-order chi connectivity index (χ0) is 14.0. The van der Waals surface area contributed by atoms with Gasteiger partial charge in [-0.1, -0.05) is 6.07 Å². The van der Waals surface area contributed by atoms with E-state index in [1.54, 1.807) is 4.90 Å². The average molecular weight is 372 g/mol. The molecule has 5 heteroatoms. The summed E-state index contributed by atoms with van der Waals surface area (Å²) < 4.78 is 1.03. The lowest BCUT2D eigenvalue weighted by molar-refractivity contribution is -0.123. The predicted molar refractivity (Wildman–Crippen MR) is 81.6 cm³/mol. The lowest BCUT2D eigenvalue weighted by Crippen LogP contribution is -2.48. The number of halogens is 1. The van der Waals surface area contributed by atoms with Crippen LogP contribution in [0.1, 0.15) is 30.1 Å². The third-order valence-electron chi connectivity index (χ3n) is 3.62. The molecule has 102 valence electrons. The van der Waals surface area contributed by atoms with Gasteiger partial charge in [0.15, 0.2) is 0 Å². The molecule has 1 aromatic rings. The van der Waals surface area contributed by atoms with E-state index < -0.39 is 0 Å². The van der Waals surface area contributed by atoms with Crippen molar-refractivity contribution >= 4 is 34.4 Å². The minimum absolute atomic E-state index is 0.0167. The molecule has 0 aliphatic carbocycles. The Bertz CT molecular complexity index is 504. The molecule has 0 radical (unpaired) electrons. The Hall–Kier alpha value is -1.11. The molecule has 4 nitrogen and oxygen atoms in total. The van der Waals surface area contributed by atoms with E-state index in [4.69, 9.17) is 5.73 Å². The van der Waals surface area contributed by atoms with E-state index in [2.05, 4.69) is 22.6 Å². The minimum atomic E-state index is -0.313. The van der Waals surface area contributed by atoms with Crippen LogP contribution >= 0.6 is 22.6 Å². The van der Waals surface area contributed by atoms with Crippen molar-refractivity contribution in [3.05, 3.63) is 33.4 Å². The van der Waals surface area contributed by atoms with Crippen LogP contribution in [-0.2, 0) is 4.79 Å². The zero-order valence-electron chi connectivity index (χ0n) is 10.8. The zero-order valence-corrected chi connectivity index (χ0v) is 13.0. The van der Waals surface area contributed by atoms with Crippen LogP contribution in [0.4, 0.5) is 0 Å². The van der Waals surface area contributed by atoms with E-state index in [-0.39, 0.29) is 23.8 Å². The lowest BCUT2D eigenvalue weighted by Gasteiger charge is -2.37. The molecule has 0 saturated carbocycles. The number of carbonyl (C=O) groups is 2. The first-order chi connectivity index (χ1) is 8.99. The fraction of sp³-hybridized carbons (Fsp3) is 0.429. The third kappa shape index (κ3) is 3.26. The second-order valence-electron chi connectivity index (χ2n) is 4.99. The Morgan fingerprint density at radius 3 is 2.74 bits per heavy atom. The molecule has 2 N–H and O–H groups in total. The van der Waals surface area contributed by atoms with E-state index in [0.29, 0.717) is 12.1 Å². The summed E-state index contributed by atoms with van der Waals surface area (Å²) in [6.45, 7) is 2.45. The highest BCUT2D eigenvalue weighted by Crippen LogP contribution is 2.24. The number of nitrogens with two attached hydrogens (primary N) is 1. The Kier molecular flexibility index (Phi) is 4.44. The molecule has 19 heavy (non-hydrogen) atoms. The van der Waals surface area contributed by atoms with Gasteiger partial charge in [-0.05, 0) is 60.6 Å². The van der Waals surface area contributed by atoms with Crippen LogP contribution in [0.2, 0.25) is 0 Å². The van der Waals surface area contributed by atoms with Gasteiger partial charge in [-0.25, -0.2) is 0 Å². The molecule has 2 rings (SSSR count). The van der Waals surface area contributed by atoms with Crippen molar-refractivity contribution in [3.8, 4) is 0 Å². The molecule has 0 aromatic heterocycles. The fourth-order valence-corrected chi connectivity index (χ4v) is 2.95. The van der Waals surface area contributed by atoms with E-state index in [9.17, 15) is 9.59 Å². The van der Waals surface area contributed by atoms with Crippen molar-refractivity contribution in [2.24, 2.45) is 11.7 Å². The van der Waals surface area contributed by atoms with E-state index in [1.165, 1.54) is 0 Å². The number of nitrogens with zero attached hydrogens (tertiary/aromatic N) is 1. The maximum atomic E-state index is 12.5. The molecule has 1 aliphatic rings. The van der Waals surface area contributed by atoms with Gasteiger partial charge in [0, 0.05) is 21.7 Å². The highest BCUT2D eigenvalue weighted by Gasteiger charge is 2.31. The first-order valence-electron chi connectivity index (χ1n) is 6.35. The van der Waals surface area contributed by atoms with E-state index in [1.807, 2.05) is 31.2 Å². The highest BCUT2D eigenvalue weighted by atomic mass is 127. The molecule has 1 aromatic carbocycles. The summed E-state index contributed by atoms with van der Waals surface area (Å²) in [7, 11) is 0. The van der Waals surface area contributed by atoms with Crippen molar-refractivity contribution in [3.63, 3.8) is 0 Å². The van der Waals surface area contributed by atoms with E-state index in [0.717, 1.165) is 16.4 Å². The predicted octanol–water partition coefficient (Wildman–Crippen LogP) is 2.02. The Balaban J connectivity index is 2.19. The van der Waals surface area contributed by atoms with Gasteiger partial charge >= 0.3 is 0 Å². The standard InChI is InChI=1S/C14H17IN2O2/c1-9-5-6-11(13(16)18)8-17(9)14(19)10-3-2-4-12(15)7-10/h2-4,7,9,11H,5-6,8H2,1H3,(H2,16,18). The second kappa shape index (κ2) is 5.90. The van der Waals surface area contributed by atoms with E-state index >= 15 is 0 Å². The van der Waals surface area contributed by atoms with Gasteiger partial charge in [0.1, 0.15) is 0 Å². The number of likely N-dealkylation sites (tertiary alicyclic amines) is 1. The van der Waals surface area contributed by atoms with Gasteiger partial charge in [0.25, 0.3) is 5.91 Å². The maximum absolute atomic E-state index is 12.5. The molecule has 1 fully saturated rings. The monoisotopic (exact) mass is 372 g/mol. The quantitative estimate of drug-likeness (QED) is 0.808. The topological polar surface area (TPSA) is 63.4 Å². The summed E-state index contributed by atoms with van der Waals surface area (Å²) in [4.78, 5) is 25.6. The lowest BCUT2D eigenvalue weighted by atomic mass is 9.92. The normalized spacial score (nSPS) is 23.2. The number of benzene rings is 1. The van der Waals surface area contributed by atoms with Crippen LogP contribution in [-0.4, -0.2) is 29.3 Å². The first-order valence-corrected chi connectivity index (χ1v) is 7.42. The number of piperidine rings is 1. The van der Waals surface area contributed by atoms with Crippen molar-refractivity contribution in [2.75, 3.05) is 6.54 Å². The van der Waals surface area contributed by atoms with Gasteiger partial charge in [0.05, 0.1) is 5.92 Å². The summed E-state index contributed by atoms with van der Waals surface area (Å²) in [6.07, 6.45) is 1.59. The van der Waals surface area contributed by atoms with Crippen LogP contribution < -0.4 is 5.73 Å². The number of primary amides is 1. The summed E-state index contributed by atoms with van der Waals surface area (Å²) in [5, 5.41) is 0. The van der Waals surface area contributed by atoms with Crippen LogP contribution in [0.25, 0.3) is 0 Å². The number of rotatable bonds is 2. The number of carbonyl (C=O) groups excluding carboxylic acids is 2. The van der Waals surface area contributed by atoms with Crippen molar-refractivity contribution in [1.82, 2.24) is 4.90 Å². The van der Waals surface area contributed by atoms with Gasteiger partial charge < -0.3 is 10.6 Å². The van der Waals surface area contributed by atoms with Gasteiger partial charge in [0.2, 0.25) is 5.91 Å². The minimum Gasteiger partial charge on any atom is -0.369 e. The average Bonchev–Trinajstić information content (AvgIpc) is 2.38. The Morgan fingerprint density at radius 1 is 1.37 bits per heavy atom. The Labute approximate surface area is 126 Å². The largest absolute Gasteiger partial charge is 0.369 e. The third-order valence-corrected chi connectivity index (χ3v) is 4.29. The van der Waals surface area contributed by atoms with Crippen molar-refractivity contribution in [1.29, 1.82) is 0 Å². The maximum Gasteiger partial charge on any atom is 0.254 e. The summed E-state index contributed by atoms with van der Waals surface area (Å²) >= 11 is 2.18. The van der Waals surface area contributed by atoms with Crippen LogP contribution in [0.3, 0.4) is 0 Å². The highest BCUT2D eigenvalue weighted by molar-refractivity contribution is 14.1. The second-order valence-corrected chi connectivity index (χ2v) is 6.24. The van der Waals surface area contributed by atoms with Crippen LogP contribution in [0.5, 0.6) is 0 Å². The summed E-state index contributed by atoms with van der Waals surface area (Å²) in [6, 6.07) is 7.65. The van der Waals surface area contributed by atoms with Gasteiger partial charge in [-0.3, -0.25) is 9.59 Å². The molecule has 0 spiro atoms. The molecular formula is C14H17IN2O2. The molecule has 2 atom stereocenters. The number of amides is 2. The first kappa shape index (κ1) is 14.3. The summed E-state index contributed by atoms with van der Waals surface area (Å²) in [5.74, 6) is -0.549. The van der Waals surface area contributed by atoms with Crippen molar-refractivity contribution in [2.45, 2.75) is 25.8 Å². The molecule has 1 heterocycles. The molecule has 1 aliphatic heterocycles. The Morgan fingerprint density at radius 2 is 2.11 bits per heavy atom. The molecular weight excluding hydrogens is 355 g/mol. The molecule has 1 saturated heterocycles. The van der Waals surface area contributed by atoms with Crippen LogP contribution in [0, 0.1) is 9.49 Å². The molecule has 2 unspecified atom stereocenters. The van der Waals surface area contributed by atoms with Crippen molar-refractivity contribution < 1.29 is 9.59 Å². The fourth-order valence-electron chi connectivity index (χ4n) is 2.41. The number of hydrogen-bond acceptors (Lipinski definition) is 2. The molecule has 0 bridgehead atoms. The SMILES string of the molecule is CC1CCC(C(N)=O)CN1C(=O)c1cccc(I)c1. The summed E-state index contributed by atoms with van der Waals surface area (Å²) in [5.41, 5.74) is 6.03. The smallest absolute Gasteiger partial charge is 0.254 e. The van der Waals surface area contributed by atoms with Crippen LogP contribution in [0.15, 0.2) is 24.3 Å². The number of hydrogen-bond donors (Lipinski definition) is 1.